The Bertz CT molecular complexity index is 1210. The number of hydrogen-bond acceptors (Lipinski definition) is 5. The van der Waals surface area contributed by atoms with Gasteiger partial charge in [-0.2, -0.15) is 5.10 Å². The SMILES string of the molecule is Cc1ccc(C(=O)Oc2ccc(Br)cc2C=NNC(=O)CNC(=O)c2cccc(C)c2)cc1. The summed E-state index contributed by atoms with van der Waals surface area (Å²) in [6, 6.07) is 19.2. The number of aryl methyl sites for hydroxylation is 2. The summed E-state index contributed by atoms with van der Waals surface area (Å²) in [7, 11) is 0. The van der Waals surface area contributed by atoms with Crippen molar-refractivity contribution in [2.75, 3.05) is 6.54 Å². The van der Waals surface area contributed by atoms with Crippen LogP contribution in [0.1, 0.15) is 37.4 Å². The molecule has 3 aromatic rings. The summed E-state index contributed by atoms with van der Waals surface area (Å²) in [4.78, 5) is 36.6. The van der Waals surface area contributed by atoms with E-state index in [2.05, 4.69) is 31.8 Å². The zero-order chi connectivity index (χ0) is 23.8. The quantitative estimate of drug-likeness (QED) is 0.217. The topological polar surface area (TPSA) is 96.9 Å². The third-order valence-electron chi connectivity index (χ3n) is 4.54. The van der Waals surface area contributed by atoms with E-state index in [1.165, 1.54) is 6.21 Å². The average molecular weight is 508 g/mol. The van der Waals surface area contributed by atoms with Crippen LogP contribution in [0.25, 0.3) is 0 Å². The van der Waals surface area contributed by atoms with Gasteiger partial charge in [-0.25, -0.2) is 10.2 Å². The van der Waals surface area contributed by atoms with Crippen LogP contribution in [-0.4, -0.2) is 30.5 Å². The van der Waals surface area contributed by atoms with Crippen molar-refractivity contribution >= 4 is 39.9 Å². The fourth-order valence-corrected chi connectivity index (χ4v) is 3.20. The molecule has 0 aromatic heterocycles. The van der Waals surface area contributed by atoms with E-state index in [0.717, 1.165) is 15.6 Å². The van der Waals surface area contributed by atoms with E-state index in [1.54, 1.807) is 48.5 Å². The summed E-state index contributed by atoms with van der Waals surface area (Å²) in [5.41, 5.74) is 5.71. The molecule has 33 heavy (non-hydrogen) atoms. The van der Waals surface area contributed by atoms with Gasteiger partial charge in [0.1, 0.15) is 5.75 Å². The summed E-state index contributed by atoms with van der Waals surface area (Å²) in [5.74, 6) is -1.07. The summed E-state index contributed by atoms with van der Waals surface area (Å²) in [5, 5.41) is 6.45. The summed E-state index contributed by atoms with van der Waals surface area (Å²) in [6.07, 6.45) is 1.36. The van der Waals surface area contributed by atoms with E-state index < -0.39 is 11.9 Å². The number of amides is 2. The molecule has 0 saturated carbocycles. The van der Waals surface area contributed by atoms with Crippen LogP contribution in [-0.2, 0) is 4.79 Å². The van der Waals surface area contributed by atoms with Gasteiger partial charge in [-0.1, -0.05) is 51.3 Å². The predicted molar refractivity (Wildman–Crippen MR) is 130 cm³/mol. The second-order valence-corrected chi connectivity index (χ2v) is 8.20. The van der Waals surface area contributed by atoms with Crippen LogP contribution < -0.4 is 15.5 Å². The summed E-state index contributed by atoms with van der Waals surface area (Å²) >= 11 is 3.37. The fourth-order valence-electron chi connectivity index (χ4n) is 2.82. The minimum atomic E-state index is -0.505. The number of hydrogen-bond donors (Lipinski definition) is 2. The third kappa shape index (κ3) is 7.11. The van der Waals surface area contributed by atoms with Crippen LogP contribution in [0.3, 0.4) is 0 Å². The van der Waals surface area contributed by atoms with E-state index >= 15 is 0 Å². The molecule has 0 heterocycles. The van der Waals surface area contributed by atoms with Crippen molar-refractivity contribution in [2.45, 2.75) is 13.8 Å². The van der Waals surface area contributed by atoms with E-state index in [9.17, 15) is 14.4 Å². The Balaban J connectivity index is 1.59. The van der Waals surface area contributed by atoms with Crippen LogP contribution in [0, 0.1) is 13.8 Å². The highest BCUT2D eigenvalue weighted by atomic mass is 79.9. The molecular formula is C25H22BrN3O4. The van der Waals surface area contributed by atoms with E-state index in [-0.39, 0.29) is 18.2 Å². The molecule has 0 atom stereocenters. The van der Waals surface area contributed by atoms with Crippen molar-refractivity contribution in [3.8, 4) is 5.75 Å². The standard InChI is InChI=1S/C25H22BrN3O4/c1-16-6-8-18(9-7-16)25(32)33-22-11-10-21(26)13-20(22)14-28-29-23(30)15-27-24(31)19-5-3-4-17(2)12-19/h3-14H,15H2,1-2H3,(H,27,31)(H,29,30). The van der Waals surface area contributed by atoms with Crippen LogP contribution in [0.2, 0.25) is 0 Å². The summed E-state index contributed by atoms with van der Waals surface area (Å²) in [6.45, 7) is 3.57. The average Bonchev–Trinajstić information content (AvgIpc) is 2.79. The van der Waals surface area contributed by atoms with Crippen molar-refractivity contribution < 1.29 is 19.1 Å². The highest BCUT2D eigenvalue weighted by molar-refractivity contribution is 9.10. The first kappa shape index (κ1) is 23.9. The second kappa shape index (κ2) is 11.2. The number of rotatable bonds is 7. The maximum atomic E-state index is 12.4. The number of ether oxygens (including phenoxy) is 1. The van der Waals surface area contributed by atoms with Gasteiger partial charge in [0.15, 0.2) is 0 Å². The van der Waals surface area contributed by atoms with E-state index in [1.807, 2.05) is 32.0 Å². The van der Waals surface area contributed by atoms with Crippen molar-refractivity contribution in [3.05, 3.63) is 99.0 Å². The van der Waals surface area contributed by atoms with Crippen LogP contribution in [0.15, 0.2) is 76.3 Å². The Morgan fingerprint density at radius 3 is 2.42 bits per heavy atom. The largest absolute Gasteiger partial charge is 0.422 e. The lowest BCUT2D eigenvalue weighted by Gasteiger charge is -2.08. The molecule has 8 heteroatoms. The van der Waals surface area contributed by atoms with Gasteiger partial charge in [0.05, 0.1) is 18.3 Å². The minimum Gasteiger partial charge on any atom is -0.422 e. The maximum absolute atomic E-state index is 12.4. The molecule has 0 unspecified atom stereocenters. The minimum absolute atomic E-state index is 0.238. The molecule has 0 saturated heterocycles. The van der Waals surface area contributed by atoms with Crippen molar-refractivity contribution in [1.82, 2.24) is 10.7 Å². The van der Waals surface area contributed by atoms with Crippen LogP contribution >= 0.6 is 15.9 Å². The van der Waals surface area contributed by atoms with Crippen molar-refractivity contribution in [2.24, 2.45) is 5.10 Å². The lowest BCUT2D eigenvalue weighted by Crippen LogP contribution is -2.34. The molecule has 168 valence electrons. The molecule has 0 radical (unpaired) electrons. The van der Waals surface area contributed by atoms with Gasteiger partial charge < -0.3 is 10.1 Å². The number of benzene rings is 3. The molecule has 0 bridgehead atoms. The predicted octanol–water partition coefficient (Wildman–Crippen LogP) is 4.17. The van der Waals surface area contributed by atoms with Gasteiger partial charge in [0.2, 0.25) is 0 Å². The van der Waals surface area contributed by atoms with Gasteiger partial charge in [-0.3, -0.25) is 9.59 Å². The lowest BCUT2D eigenvalue weighted by atomic mass is 10.1. The van der Waals surface area contributed by atoms with Crippen molar-refractivity contribution in [3.63, 3.8) is 0 Å². The highest BCUT2D eigenvalue weighted by Crippen LogP contribution is 2.23. The molecular weight excluding hydrogens is 486 g/mol. The Hall–Kier alpha value is -3.78. The van der Waals surface area contributed by atoms with Gasteiger partial charge in [0.25, 0.3) is 11.8 Å². The molecule has 2 amide bonds. The molecule has 3 aromatic carbocycles. The van der Waals surface area contributed by atoms with Gasteiger partial charge >= 0.3 is 5.97 Å². The Kier molecular flexibility index (Phi) is 8.10. The number of carbonyl (C=O) groups is 3. The Morgan fingerprint density at radius 2 is 1.70 bits per heavy atom. The molecule has 0 aliphatic carbocycles. The lowest BCUT2D eigenvalue weighted by molar-refractivity contribution is -0.120. The molecule has 2 N–H and O–H groups in total. The monoisotopic (exact) mass is 507 g/mol. The van der Waals surface area contributed by atoms with Gasteiger partial charge in [-0.05, 0) is 56.3 Å². The zero-order valence-corrected chi connectivity index (χ0v) is 19.7. The number of nitrogens with one attached hydrogen (secondary N) is 2. The second-order valence-electron chi connectivity index (χ2n) is 7.28. The summed E-state index contributed by atoms with van der Waals surface area (Å²) < 4.78 is 6.25. The number of esters is 1. The first-order valence-corrected chi connectivity index (χ1v) is 10.9. The van der Waals surface area contributed by atoms with E-state index in [4.69, 9.17) is 4.74 Å². The zero-order valence-electron chi connectivity index (χ0n) is 18.1. The first-order chi connectivity index (χ1) is 15.8. The van der Waals surface area contributed by atoms with Crippen LogP contribution in [0.5, 0.6) is 5.75 Å². The van der Waals surface area contributed by atoms with Gasteiger partial charge in [0, 0.05) is 15.6 Å². The fraction of sp³-hybridized carbons (Fsp3) is 0.120. The molecule has 0 aliphatic heterocycles. The highest BCUT2D eigenvalue weighted by Gasteiger charge is 2.12. The molecule has 7 nitrogen and oxygen atoms in total. The molecule has 3 rings (SSSR count). The Labute approximate surface area is 200 Å². The molecule has 0 aliphatic rings. The van der Waals surface area contributed by atoms with Crippen molar-refractivity contribution in [1.29, 1.82) is 0 Å². The first-order valence-electron chi connectivity index (χ1n) is 10.1. The normalized spacial score (nSPS) is 10.6. The maximum Gasteiger partial charge on any atom is 0.343 e. The number of carbonyl (C=O) groups excluding carboxylic acids is 3. The number of nitrogens with zero attached hydrogens (tertiary/aromatic N) is 1. The molecule has 0 spiro atoms. The Morgan fingerprint density at radius 1 is 0.939 bits per heavy atom. The molecule has 0 fully saturated rings. The van der Waals surface area contributed by atoms with Gasteiger partial charge in [-0.15, -0.1) is 0 Å². The number of hydrazone groups is 1. The van der Waals surface area contributed by atoms with Crippen LogP contribution in [0.4, 0.5) is 0 Å². The number of halogens is 1. The third-order valence-corrected chi connectivity index (χ3v) is 5.04. The smallest absolute Gasteiger partial charge is 0.343 e. The van der Waals surface area contributed by atoms with E-state index in [0.29, 0.717) is 16.7 Å².